The summed E-state index contributed by atoms with van der Waals surface area (Å²) in [7, 11) is 0. The quantitative estimate of drug-likeness (QED) is 0.477. The average Bonchev–Trinajstić information content (AvgIpc) is 2.37. The summed E-state index contributed by atoms with van der Waals surface area (Å²) >= 11 is 6.42. The van der Waals surface area contributed by atoms with Crippen LogP contribution in [0, 0.1) is 35.8 Å². The topological polar surface area (TPSA) is 56.0 Å². The first-order valence-corrected chi connectivity index (χ1v) is 7.57. The van der Waals surface area contributed by atoms with Gasteiger partial charge in [-0.3, -0.25) is 15.1 Å². The minimum Gasteiger partial charge on any atom is -0.260 e. The minimum absolute atomic E-state index is 0.160. The molecular formula is C15H21ClN2O2. The second-order valence-electron chi connectivity index (χ2n) is 6.02. The summed E-state index contributed by atoms with van der Waals surface area (Å²) in [5.41, 5.74) is 2.34. The molecule has 1 saturated carbocycles. The van der Waals surface area contributed by atoms with Crippen LogP contribution in [-0.2, 0) is 6.42 Å². The maximum Gasteiger partial charge on any atom is 0.278 e. The lowest BCUT2D eigenvalue weighted by atomic mass is 9.79. The van der Waals surface area contributed by atoms with E-state index < -0.39 is 0 Å². The van der Waals surface area contributed by atoms with Crippen molar-refractivity contribution in [3.05, 3.63) is 33.1 Å². The molecule has 0 bridgehead atoms. The van der Waals surface area contributed by atoms with Gasteiger partial charge in [0.05, 0.1) is 10.6 Å². The van der Waals surface area contributed by atoms with E-state index in [0.717, 1.165) is 25.0 Å². The Morgan fingerprint density at radius 3 is 2.80 bits per heavy atom. The summed E-state index contributed by atoms with van der Waals surface area (Å²) in [6, 6.07) is 0. The third-order valence-corrected chi connectivity index (χ3v) is 4.94. The van der Waals surface area contributed by atoms with E-state index in [0.29, 0.717) is 23.0 Å². The van der Waals surface area contributed by atoms with Crippen molar-refractivity contribution in [1.82, 2.24) is 4.98 Å². The number of alkyl halides is 1. The fourth-order valence-electron chi connectivity index (χ4n) is 3.17. The highest BCUT2D eigenvalue weighted by atomic mass is 35.5. The third kappa shape index (κ3) is 3.11. The number of hydrogen-bond donors (Lipinski definition) is 0. The molecule has 0 N–H and O–H groups in total. The molecule has 2 rings (SSSR count). The van der Waals surface area contributed by atoms with Gasteiger partial charge in [-0.25, -0.2) is 0 Å². The molecule has 1 heterocycles. The Labute approximate surface area is 124 Å². The first kappa shape index (κ1) is 15.2. The van der Waals surface area contributed by atoms with Crippen molar-refractivity contribution in [2.24, 2.45) is 11.8 Å². The number of aromatic nitrogens is 1. The predicted octanol–water partition coefficient (Wildman–Crippen LogP) is 4.19. The molecule has 0 spiro atoms. The Balaban J connectivity index is 2.25. The Morgan fingerprint density at radius 1 is 1.45 bits per heavy atom. The number of aryl methyl sites for hydroxylation is 1. The fourth-order valence-corrected chi connectivity index (χ4v) is 3.49. The molecule has 20 heavy (non-hydrogen) atoms. The molecule has 0 radical (unpaired) electrons. The van der Waals surface area contributed by atoms with Crippen LogP contribution in [-0.4, -0.2) is 15.3 Å². The standard InChI is InChI=1S/C15H21ClN2O2/c1-9-4-5-13(16)12(6-9)7-14-11(3)15(18(19)20)10(2)8-17-14/h8-9,12-13H,4-7H2,1-3H3. The number of hydrogen-bond acceptors (Lipinski definition) is 3. The van der Waals surface area contributed by atoms with E-state index in [9.17, 15) is 10.1 Å². The monoisotopic (exact) mass is 296 g/mol. The van der Waals surface area contributed by atoms with Gasteiger partial charge in [-0.1, -0.05) is 6.92 Å². The van der Waals surface area contributed by atoms with Gasteiger partial charge in [0.25, 0.3) is 5.69 Å². The molecule has 0 amide bonds. The van der Waals surface area contributed by atoms with E-state index in [1.807, 2.05) is 0 Å². The number of pyridine rings is 1. The number of rotatable bonds is 3. The summed E-state index contributed by atoms with van der Waals surface area (Å²) in [5, 5.41) is 11.3. The van der Waals surface area contributed by atoms with Crippen LogP contribution in [0.1, 0.15) is 43.0 Å². The van der Waals surface area contributed by atoms with Crippen LogP contribution in [0.15, 0.2) is 6.20 Å². The summed E-state index contributed by atoms with van der Waals surface area (Å²) in [6.45, 7) is 5.77. The second kappa shape index (κ2) is 6.08. The number of nitro groups is 1. The minimum atomic E-state index is -0.308. The van der Waals surface area contributed by atoms with Gasteiger partial charge in [-0.05, 0) is 51.4 Å². The predicted molar refractivity (Wildman–Crippen MR) is 80.2 cm³/mol. The molecule has 1 aliphatic carbocycles. The largest absolute Gasteiger partial charge is 0.278 e. The van der Waals surface area contributed by atoms with Gasteiger partial charge in [-0.2, -0.15) is 0 Å². The molecule has 110 valence electrons. The molecule has 1 aromatic rings. The van der Waals surface area contributed by atoms with Crippen LogP contribution in [0.4, 0.5) is 5.69 Å². The van der Waals surface area contributed by atoms with E-state index in [4.69, 9.17) is 11.6 Å². The first-order valence-electron chi connectivity index (χ1n) is 7.13. The summed E-state index contributed by atoms with van der Waals surface area (Å²) in [4.78, 5) is 15.3. The fraction of sp³-hybridized carbons (Fsp3) is 0.667. The zero-order valence-electron chi connectivity index (χ0n) is 12.2. The SMILES string of the molecule is Cc1cnc(CC2CC(C)CCC2Cl)c(C)c1[N+](=O)[O-]. The van der Waals surface area contributed by atoms with E-state index in [1.54, 1.807) is 20.0 Å². The highest BCUT2D eigenvalue weighted by Gasteiger charge is 2.29. The van der Waals surface area contributed by atoms with Crippen LogP contribution < -0.4 is 0 Å². The van der Waals surface area contributed by atoms with Gasteiger partial charge in [0.1, 0.15) is 0 Å². The van der Waals surface area contributed by atoms with Crippen molar-refractivity contribution in [2.75, 3.05) is 0 Å². The van der Waals surface area contributed by atoms with Crippen LogP contribution in [0.2, 0.25) is 0 Å². The zero-order valence-corrected chi connectivity index (χ0v) is 13.0. The van der Waals surface area contributed by atoms with Gasteiger partial charge in [0, 0.05) is 22.7 Å². The lowest BCUT2D eigenvalue weighted by Gasteiger charge is -2.31. The maximum absolute atomic E-state index is 11.2. The highest BCUT2D eigenvalue weighted by Crippen LogP contribution is 2.35. The van der Waals surface area contributed by atoms with Crippen molar-refractivity contribution in [2.45, 2.75) is 51.8 Å². The molecule has 0 aromatic carbocycles. The van der Waals surface area contributed by atoms with E-state index in [2.05, 4.69) is 11.9 Å². The molecular weight excluding hydrogens is 276 g/mol. The van der Waals surface area contributed by atoms with Gasteiger partial charge < -0.3 is 0 Å². The molecule has 3 unspecified atom stereocenters. The lowest BCUT2D eigenvalue weighted by molar-refractivity contribution is -0.386. The summed E-state index contributed by atoms with van der Waals surface area (Å²) < 4.78 is 0. The summed E-state index contributed by atoms with van der Waals surface area (Å²) in [5.74, 6) is 1.05. The number of halogens is 1. The second-order valence-corrected chi connectivity index (χ2v) is 6.58. The van der Waals surface area contributed by atoms with Gasteiger partial charge in [-0.15, -0.1) is 11.6 Å². The van der Waals surface area contributed by atoms with Crippen molar-refractivity contribution in [3.63, 3.8) is 0 Å². The zero-order chi connectivity index (χ0) is 14.9. The van der Waals surface area contributed by atoms with Crippen LogP contribution in [0.5, 0.6) is 0 Å². The van der Waals surface area contributed by atoms with Crippen LogP contribution in [0.3, 0.4) is 0 Å². The molecule has 4 nitrogen and oxygen atoms in total. The van der Waals surface area contributed by atoms with Crippen molar-refractivity contribution >= 4 is 17.3 Å². The van der Waals surface area contributed by atoms with Crippen molar-refractivity contribution in [3.8, 4) is 0 Å². The lowest BCUT2D eigenvalue weighted by Crippen LogP contribution is -2.26. The Bertz CT molecular complexity index is 519. The van der Waals surface area contributed by atoms with Gasteiger partial charge in [0.15, 0.2) is 0 Å². The van der Waals surface area contributed by atoms with Gasteiger partial charge >= 0.3 is 0 Å². The maximum atomic E-state index is 11.2. The molecule has 0 aliphatic heterocycles. The molecule has 3 atom stereocenters. The van der Waals surface area contributed by atoms with E-state index in [1.165, 1.54) is 6.42 Å². The van der Waals surface area contributed by atoms with Gasteiger partial charge in [0.2, 0.25) is 0 Å². The number of nitrogens with zero attached hydrogens (tertiary/aromatic N) is 2. The van der Waals surface area contributed by atoms with Crippen LogP contribution in [0.25, 0.3) is 0 Å². The third-order valence-electron chi connectivity index (χ3n) is 4.37. The Hall–Kier alpha value is -1.16. The van der Waals surface area contributed by atoms with E-state index >= 15 is 0 Å². The Kier molecular flexibility index (Phi) is 4.63. The van der Waals surface area contributed by atoms with Crippen molar-refractivity contribution < 1.29 is 4.92 Å². The molecule has 0 saturated heterocycles. The molecule has 1 fully saturated rings. The smallest absolute Gasteiger partial charge is 0.260 e. The van der Waals surface area contributed by atoms with Crippen molar-refractivity contribution in [1.29, 1.82) is 0 Å². The highest BCUT2D eigenvalue weighted by molar-refractivity contribution is 6.20. The average molecular weight is 297 g/mol. The van der Waals surface area contributed by atoms with Crippen LogP contribution >= 0.6 is 11.6 Å². The molecule has 1 aliphatic rings. The normalized spacial score (nSPS) is 26.5. The Morgan fingerprint density at radius 2 is 2.15 bits per heavy atom. The van der Waals surface area contributed by atoms with E-state index in [-0.39, 0.29) is 16.0 Å². The first-order chi connectivity index (χ1) is 9.40. The molecule has 1 aromatic heterocycles. The summed E-state index contributed by atoms with van der Waals surface area (Å²) in [6.07, 6.45) is 5.63. The molecule has 5 heteroatoms.